The number of ether oxygens (including phenoxy) is 1. The number of hydrogen-bond acceptors (Lipinski definition) is 6. The molecule has 0 saturated carbocycles. The minimum absolute atomic E-state index is 0.120. The molecule has 1 fully saturated rings. The fraction of sp³-hybridized carbons (Fsp3) is 0.440. The number of rotatable bonds is 10. The Balaban J connectivity index is 1.33. The molecule has 2 atom stereocenters. The Morgan fingerprint density at radius 1 is 1.39 bits per heavy atom. The van der Waals surface area contributed by atoms with Crippen LogP contribution in [0, 0.1) is 17.7 Å². The van der Waals surface area contributed by atoms with Crippen LogP contribution in [0.2, 0.25) is 0 Å². The van der Waals surface area contributed by atoms with Crippen molar-refractivity contribution in [3.63, 3.8) is 0 Å². The number of pyridine rings is 1. The lowest BCUT2D eigenvalue weighted by Crippen LogP contribution is -2.44. The summed E-state index contributed by atoms with van der Waals surface area (Å²) >= 11 is 3.57. The van der Waals surface area contributed by atoms with E-state index in [1.165, 1.54) is 10.4 Å². The van der Waals surface area contributed by atoms with Gasteiger partial charge in [-0.2, -0.15) is 0 Å². The molecule has 0 bridgehead atoms. The fourth-order valence-corrected chi connectivity index (χ4v) is 6.50. The molecule has 2 aromatic heterocycles. The lowest BCUT2D eigenvalue weighted by atomic mass is 9.81. The maximum atomic E-state index is 14.6. The number of thioether (sulfide) groups is 1. The van der Waals surface area contributed by atoms with Crippen molar-refractivity contribution < 1.29 is 19.0 Å². The van der Waals surface area contributed by atoms with Crippen LogP contribution in [0.5, 0.6) is 5.75 Å². The van der Waals surface area contributed by atoms with E-state index in [0.29, 0.717) is 24.3 Å². The smallest absolute Gasteiger partial charge is 0.308 e. The molecule has 176 valence electrons. The monoisotopic (exact) mass is 488 g/mol. The molecule has 1 aromatic carbocycles. The van der Waals surface area contributed by atoms with Crippen molar-refractivity contribution in [2.75, 3.05) is 32.5 Å². The average molecular weight is 489 g/mol. The number of nitrogens with zero attached hydrogens (tertiary/aromatic N) is 2. The van der Waals surface area contributed by atoms with Gasteiger partial charge in [0.1, 0.15) is 11.6 Å². The molecule has 1 aliphatic rings. The number of hydrogen-bond donors (Lipinski definition) is 1. The first kappa shape index (κ1) is 24.0. The van der Waals surface area contributed by atoms with Gasteiger partial charge in [0.05, 0.1) is 29.0 Å². The molecule has 0 amide bonds. The number of carboxylic acids is 1. The quantitative estimate of drug-likeness (QED) is 0.376. The van der Waals surface area contributed by atoms with Gasteiger partial charge in [-0.25, -0.2) is 4.39 Å². The lowest BCUT2D eigenvalue weighted by Gasteiger charge is -2.36. The minimum atomic E-state index is -0.721. The van der Waals surface area contributed by atoms with Gasteiger partial charge < -0.3 is 14.7 Å². The Kier molecular flexibility index (Phi) is 8.22. The Morgan fingerprint density at radius 3 is 3.03 bits per heavy atom. The molecule has 0 spiro atoms. The van der Waals surface area contributed by atoms with E-state index < -0.39 is 5.97 Å². The van der Waals surface area contributed by atoms with Crippen molar-refractivity contribution in [1.82, 2.24) is 9.88 Å². The first-order valence-corrected chi connectivity index (χ1v) is 13.1. The maximum absolute atomic E-state index is 14.6. The number of likely N-dealkylation sites (tertiary alicyclic amines) is 1. The zero-order valence-corrected chi connectivity index (χ0v) is 20.3. The number of piperidine rings is 1. The van der Waals surface area contributed by atoms with E-state index in [2.05, 4.69) is 27.4 Å². The van der Waals surface area contributed by atoms with Crippen LogP contribution in [-0.2, 0) is 11.2 Å². The van der Waals surface area contributed by atoms with Gasteiger partial charge in [0.15, 0.2) is 0 Å². The van der Waals surface area contributed by atoms with E-state index in [1.54, 1.807) is 18.4 Å². The summed E-state index contributed by atoms with van der Waals surface area (Å²) in [5.41, 5.74) is 1.37. The highest BCUT2D eigenvalue weighted by Gasteiger charge is 2.33. The number of aromatic nitrogens is 1. The number of methoxy groups -OCH3 is 1. The van der Waals surface area contributed by atoms with Crippen LogP contribution in [0.1, 0.15) is 24.8 Å². The molecule has 3 heterocycles. The maximum Gasteiger partial charge on any atom is 0.308 e. The van der Waals surface area contributed by atoms with E-state index in [0.717, 1.165) is 49.0 Å². The predicted octanol–water partition coefficient (Wildman–Crippen LogP) is 5.58. The van der Waals surface area contributed by atoms with Crippen molar-refractivity contribution in [3.05, 3.63) is 53.3 Å². The third kappa shape index (κ3) is 6.05. The molecule has 33 heavy (non-hydrogen) atoms. The summed E-state index contributed by atoms with van der Waals surface area (Å²) in [6.07, 6.45) is 4.23. The number of thiophene rings is 1. The standard InChI is InChI=1S/C25H29FN2O3S2/c1-31-18-7-8-23-20(14-18)19(22(26)15-27-23)5-2-4-17-9-10-28(16-21(17)25(29)30)11-13-33-24-6-3-12-32-24/h3,6-8,12,14-15,17,21H,2,4-5,9-11,13,16H2,1H3,(H,29,30). The number of aryl methyl sites for hydroxylation is 1. The Labute approximate surface area is 202 Å². The number of aliphatic carboxylic acids is 1. The van der Waals surface area contributed by atoms with Crippen molar-refractivity contribution in [3.8, 4) is 5.75 Å². The second kappa shape index (κ2) is 11.3. The molecule has 1 N–H and O–H groups in total. The first-order valence-electron chi connectivity index (χ1n) is 11.3. The van der Waals surface area contributed by atoms with Crippen LogP contribution in [0.25, 0.3) is 10.9 Å². The molecule has 2 unspecified atom stereocenters. The number of fused-ring (bicyclic) bond motifs is 1. The molecular weight excluding hydrogens is 459 g/mol. The van der Waals surface area contributed by atoms with Gasteiger partial charge in [0, 0.05) is 24.2 Å². The third-order valence-corrected chi connectivity index (χ3v) is 8.55. The second-order valence-corrected chi connectivity index (χ2v) is 10.8. The summed E-state index contributed by atoms with van der Waals surface area (Å²) in [7, 11) is 1.59. The topological polar surface area (TPSA) is 62.7 Å². The van der Waals surface area contributed by atoms with Gasteiger partial charge in [0.25, 0.3) is 0 Å². The van der Waals surface area contributed by atoms with Crippen LogP contribution >= 0.6 is 23.1 Å². The highest BCUT2D eigenvalue weighted by atomic mass is 32.2. The normalized spacial score (nSPS) is 19.1. The highest BCUT2D eigenvalue weighted by molar-refractivity contribution is 8.01. The predicted molar refractivity (Wildman–Crippen MR) is 132 cm³/mol. The van der Waals surface area contributed by atoms with Crippen LogP contribution in [0.3, 0.4) is 0 Å². The number of carbonyl (C=O) groups is 1. The Bertz CT molecular complexity index is 1080. The zero-order valence-electron chi connectivity index (χ0n) is 18.7. The van der Waals surface area contributed by atoms with E-state index >= 15 is 0 Å². The minimum Gasteiger partial charge on any atom is -0.497 e. The number of carboxylic acid groups (broad SMARTS) is 1. The zero-order chi connectivity index (χ0) is 23.2. The van der Waals surface area contributed by atoms with Gasteiger partial charge in [-0.15, -0.1) is 23.1 Å². The summed E-state index contributed by atoms with van der Waals surface area (Å²) in [6.45, 7) is 2.41. The van der Waals surface area contributed by atoms with Crippen molar-refractivity contribution >= 4 is 40.0 Å². The molecular formula is C25H29FN2O3S2. The fourth-order valence-electron chi connectivity index (χ4n) is 4.64. The summed E-state index contributed by atoms with van der Waals surface area (Å²) in [6, 6.07) is 9.65. The van der Waals surface area contributed by atoms with Crippen LogP contribution in [0.15, 0.2) is 46.1 Å². The first-order chi connectivity index (χ1) is 16.0. The van der Waals surface area contributed by atoms with Crippen LogP contribution < -0.4 is 4.74 Å². The largest absolute Gasteiger partial charge is 0.497 e. The number of halogens is 1. The van der Waals surface area contributed by atoms with Gasteiger partial charge >= 0.3 is 5.97 Å². The second-order valence-electron chi connectivity index (χ2n) is 8.43. The molecule has 1 aliphatic heterocycles. The van der Waals surface area contributed by atoms with Crippen LogP contribution in [-0.4, -0.2) is 53.5 Å². The third-order valence-electron chi connectivity index (χ3n) is 6.44. The van der Waals surface area contributed by atoms with E-state index in [4.69, 9.17) is 4.74 Å². The highest BCUT2D eigenvalue weighted by Crippen LogP contribution is 2.31. The van der Waals surface area contributed by atoms with Gasteiger partial charge in [0.2, 0.25) is 0 Å². The van der Waals surface area contributed by atoms with E-state index in [1.807, 2.05) is 30.0 Å². The molecule has 8 heteroatoms. The van der Waals surface area contributed by atoms with E-state index in [-0.39, 0.29) is 17.7 Å². The Morgan fingerprint density at radius 2 is 2.27 bits per heavy atom. The van der Waals surface area contributed by atoms with Crippen molar-refractivity contribution in [1.29, 1.82) is 0 Å². The van der Waals surface area contributed by atoms with E-state index in [9.17, 15) is 14.3 Å². The van der Waals surface area contributed by atoms with Gasteiger partial charge in [-0.1, -0.05) is 6.07 Å². The van der Waals surface area contributed by atoms with Crippen molar-refractivity contribution in [2.24, 2.45) is 11.8 Å². The van der Waals surface area contributed by atoms with Gasteiger partial charge in [-0.05, 0) is 73.4 Å². The van der Waals surface area contributed by atoms with Crippen LogP contribution in [0.4, 0.5) is 4.39 Å². The molecule has 1 saturated heterocycles. The lowest BCUT2D eigenvalue weighted by molar-refractivity contribution is -0.146. The molecule has 0 aliphatic carbocycles. The Hall–Kier alpha value is -2.16. The van der Waals surface area contributed by atoms with Crippen molar-refractivity contribution in [2.45, 2.75) is 29.9 Å². The average Bonchev–Trinajstić information content (AvgIpc) is 3.34. The SMILES string of the molecule is COc1ccc2ncc(F)c(CCCC3CCN(CCSc4cccs4)CC3C(=O)O)c2c1. The number of benzene rings is 1. The van der Waals surface area contributed by atoms with Gasteiger partial charge in [-0.3, -0.25) is 9.78 Å². The summed E-state index contributed by atoms with van der Waals surface area (Å²) in [5, 5.41) is 12.7. The molecule has 3 aromatic rings. The summed E-state index contributed by atoms with van der Waals surface area (Å²) in [5.74, 6) is 0.352. The molecule has 0 radical (unpaired) electrons. The summed E-state index contributed by atoms with van der Waals surface area (Å²) in [4.78, 5) is 18.5. The molecule has 5 nitrogen and oxygen atoms in total. The summed E-state index contributed by atoms with van der Waals surface area (Å²) < 4.78 is 21.2. The molecule has 4 rings (SSSR count).